The summed E-state index contributed by atoms with van der Waals surface area (Å²) in [5.74, 6) is 1.07. The standard InChI is InChI=1S/C34H36Cl3N3O4/c1-4-39(18-24-7-5-6-8-28(24)35)34(42)32-27(17-25-19-40(22(3)41)20-31(32)38-25)23-9-11-26(12-10-23)43-13-14-44-33-29(36)15-21(2)16-30(33)37/h5-12,15-16,25,31,38H,4,13-14,17-20H2,1-3H3/t25-,31-/m1/s1. The highest BCUT2D eigenvalue weighted by molar-refractivity contribution is 6.37. The van der Waals surface area contributed by atoms with Crippen molar-refractivity contribution >= 4 is 52.2 Å². The Kier molecular flexibility index (Phi) is 10.4. The number of carbonyl (C=O) groups is 2. The van der Waals surface area contributed by atoms with E-state index in [0.717, 1.165) is 22.3 Å². The lowest BCUT2D eigenvalue weighted by atomic mass is 9.83. The summed E-state index contributed by atoms with van der Waals surface area (Å²) in [6.07, 6.45) is 0.622. The van der Waals surface area contributed by atoms with Crippen LogP contribution in [-0.2, 0) is 16.1 Å². The fourth-order valence-electron chi connectivity index (χ4n) is 5.83. The molecule has 1 fully saturated rings. The zero-order valence-corrected chi connectivity index (χ0v) is 27.3. The van der Waals surface area contributed by atoms with Crippen LogP contribution in [0.2, 0.25) is 15.1 Å². The Hall–Kier alpha value is -3.23. The maximum absolute atomic E-state index is 14.3. The molecule has 2 aliphatic heterocycles. The molecule has 7 nitrogen and oxygen atoms in total. The molecule has 0 saturated carbocycles. The number of amides is 2. The molecule has 2 heterocycles. The maximum Gasteiger partial charge on any atom is 0.252 e. The number of halogens is 3. The highest BCUT2D eigenvalue weighted by Crippen LogP contribution is 2.36. The molecule has 0 spiro atoms. The van der Waals surface area contributed by atoms with E-state index < -0.39 is 0 Å². The third kappa shape index (κ3) is 7.35. The molecule has 44 heavy (non-hydrogen) atoms. The molecule has 1 N–H and O–H groups in total. The quantitative estimate of drug-likeness (QED) is 0.243. The smallest absolute Gasteiger partial charge is 0.252 e. The molecular formula is C34H36Cl3N3O4. The van der Waals surface area contributed by atoms with Gasteiger partial charge in [-0.05, 0) is 72.9 Å². The lowest BCUT2D eigenvalue weighted by molar-refractivity contribution is -0.132. The summed E-state index contributed by atoms with van der Waals surface area (Å²) in [7, 11) is 0. The van der Waals surface area contributed by atoms with Crippen molar-refractivity contribution in [2.45, 2.75) is 45.8 Å². The minimum atomic E-state index is -0.275. The van der Waals surface area contributed by atoms with Crippen LogP contribution in [0.4, 0.5) is 0 Å². The Balaban J connectivity index is 1.35. The van der Waals surface area contributed by atoms with Gasteiger partial charge in [-0.2, -0.15) is 0 Å². The van der Waals surface area contributed by atoms with Gasteiger partial charge < -0.3 is 24.6 Å². The fraction of sp³-hybridized carbons (Fsp3) is 0.353. The zero-order valence-electron chi connectivity index (χ0n) is 25.0. The van der Waals surface area contributed by atoms with Gasteiger partial charge in [0.1, 0.15) is 19.0 Å². The molecule has 2 atom stereocenters. The van der Waals surface area contributed by atoms with Crippen molar-refractivity contribution in [3.05, 3.63) is 98.0 Å². The van der Waals surface area contributed by atoms with Crippen LogP contribution in [0.25, 0.3) is 5.57 Å². The highest BCUT2D eigenvalue weighted by Gasteiger charge is 2.40. The lowest BCUT2D eigenvalue weighted by Gasteiger charge is -2.44. The minimum Gasteiger partial charge on any atom is -0.490 e. The molecule has 10 heteroatoms. The van der Waals surface area contributed by atoms with Crippen LogP contribution < -0.4 is 14.8 Å². The van der Waals surface area contributed by atoms with Crippen molar-refractivity contribution in [1.82, 2.24) is 15.1 Å². The summed E-state index contributed by atoms with van der Waals surface area (Å²) in [4.78, 5) is 30.2. The second-order valence-electron chi connectivity index (χ2n) is 11.1. The molecule has 5 rings (SSSR count). The molecule has 2 bridgehead atoms. The van der Waals surface area contributed by atoms with Crippen molar-refractivity contribution in [3.63, 3.8) is 0 Å². The van der Waals surface area contributed by atoms with Crippen LogP contribution >= 0.6 is 34.8 Å². The summed E-state index contributed by atoms with van der Waals surface area (Å²) in [5.41, 5.74) is 4.48. The normalized spacial score (nSPS) is 17.8. The Morgan fingerprint density at radius 3 is 2.30 bits per heavy atom. The molecule has 0 aromatic heterocycles. The van der Waals surface area contributed by atoms with Crippen LogP contribution in [0.15, 0.2) is 66.2 Å². The number of hydrogen-bond donors (Lipinski definition) is 1. The van der Waals surface area contributed by atoms with Crippen LogP contribution in [0, 0.1) is 6.92 Å². The molecule has 1 saturated heterocycles. The van der Waals surface area contributed by atoms with Crippen LogP contribution in [0.1, 0.15) is 37.0 Å². The summed E-state index contributed by atoms with van der Waals surface area (Å²) in [6, 6.07) is 18.7. The highest BCUT2D eigenvalue weighted by atomic mass is 35.5. The second kappa shape index (κ2) is 14.2. The van der Waals surface area contributed by atoms with Gasteiger partial charge in [0.15, 0.2) is 5.75 Å². The molecule has 2 amide bonds. The monoisotopic (exact) mass is 655 g/mol. The Bertz CT molecular complexity index is 1540. The Morgan fingerprint density at radius 2 is 1.64 bits per heavy atom. The largest absolute Gasteiger partial charge is 0.490 e. The van der Waals surface area contributed by atoms with Crippen molar-refractivity contribution in [3.8, 4) is 11.5 Å². The first-order valence-corrected chi connectivity index (χ1v) is 15.9. The first-order chi connectivity index (χ1) is 21.1. The van der Waals surface area contributed by atoms with Gasteiger partial charge in [-0.15, -0.1) is 0 Å². The number of aryl methyl sites for hydroxylation is 1. The lowest BCUT2D eigenvalue weighted by Crippen LogP contribution is -2.61. The predicted octanol–water partition coefficient (Wildman–Crippen LogP) is 6.81. The topological polar surface area (TPSA) is 71.1 Å². The van der Waals surface area contributed by atoms with Crippen molar-refractivity contribution < 1.29 is 19.1 Å². The second-order valence-corrected chi connectivity index (χ2v) is 12.3. The molecule has 3 aromatic carbocycles. The maximum atomic E-state index is 14.3. The molecule has 2 aliphatic rings. The molecule has 232 valence electrons. The van der Waals surface area contributed by atoms with E-state index in [2.05, 4.69) is 5.32 Å². The van der Waals surface area contributed by atoms with E-state index in [1.54, 1.807) is 19.1 Å². The number of carbonyl (C=O) groups excluding carboxylic acids is 2. The number of rotatable bonds is 10. The van der Waals surface area contributed by atoms with E-state index in [-0.39, 0.29) is 30.5 Å². The van der Waals surface area contributed by atoms with Crippen molar-refractivity contribution in [2.75, 3.05) is 32.8 Å². The molecule has 0 radical (unpaired) electrons. The summed E-state index contributed by atoms with van der Waals surface area (Å²) >= 11 is 19.0. The average Bonchev–Trinajstić information content (AvgIpc) is 2.99. The number of nitrogens with zero attached hydrogens (tertiary/aromatic N) is 2. The van der Waals surface area contributed by atoms with Gasteiger partial charge in [0, 0.05) is 49.7 Å². The zero-order chi connectivity index (χ0) is 31.4. The summed E-state index contributed by atoms with van der Waals surface area (Å²) in [5, 5.41) is 5.16. The third-order valence-electron chi connectivity index (χ3n) is 8.01. The number of piperazine rings is 1. The van der Waals surface area contributed by atoms with Crippen LogP contribution in [0.5, 0.6) is 11.5 Å². The Labute approximate surface area is 273 Å². The fourth-order valence-corrected chi connectivity index (χ4v) is 6.73. The third-order valence-corrected chi connectivity index (χ3v) is 8.94. The van der Waals surface area contributed by atoms with Gasteiger partial charge in [-0.1, -0.05) is 65.1 Å². The minimum absolute atomic E-state index is 0.0116. The van der Waals surface area contributed by atoms with E-state index in [1.807, 2.05) is 72.2 Å². The number of likely N-dealkylation sites (N-methyl/N-ethyl adjacent to an activating group) is 1. The SMILES string of the molecule is CCN(Cc1ccccc1Cl)C(=O)C1=C(c2ccc(OCCOc3c(Cl)cc(C)cc3Cl)cc2)C[C@@H]2CN(C(C)=O)C[C@H]1N2. The predicted molar refractivity (Wildman–Crippen MR) is 176 cm³/mol. The van der Waals surface area contributed by atoms with Gasteiger partial charge in [0.2, 0.25) is 5.91 Å². The number of fused-ring (bicyclic) bond motifs is 2. The van der Waals surface area contributed by atoms with Crippen LogP contribution in [-0.4, -0.2) is 66.5 Å². The molecule has 0 unspecified atom stereocenters. The molecule has 3 aromatic rings. The number of nitrogens with one attached hydrogen (secondary N) is 1. The van der Waals surface area contributed by atoms with E-state index in [4.69, 9.17) is 44.3 Å². The molecule has 0 aliphatic carbocycles. The molecular weight excluding hydrogens is 621 g/mol. The van der Waals surface area contributed by atoms with Crippen molar-refractivity contribution in [2.24, 2.45) is 0 Å². The van der Waals surface area contributed by atoms with E-state index in [0.29, 0.717) is 71.3 Å². The first kappa shape index (κ1) is 32.2. The summed E-state index contributed by atoms with van der Waals surface area (Å²) in [6.45, 7) is 7.99. The van der Waals surface area contributed by atoms with Gasteiger partial charge in [0.25, 0.3) is 5.91 Å². The van der Waals surface area contributed by atoms with E-state index in [1.165, 1.54) is 0 Å². The van der Waals surface area contributed by atoms with E-state index >= 15 is 0 Å². The number of ether oxygens (including phenoxy) is 2. The van der Waals surface area contributed by atoms with Crippen LogP contribution in [0.3, 0.4) is 0 Å². The van der Waals surface area contributed by atoms with Gasteiger partial charge >= 0.3 is 0 Å². The van der Waals surface area contributed by atoms with Gasteiger partial charge in [-0.25, -0.2) is 0 Å². The number of benzene rings is 3. The van der Waals surface area contributed by atoms with Crippen molar-refractivity contribution in [1.29, 1.82) is 0 Å². The summed E-state index contributed by atoms with van der Waals surface area (Å²) < 4.78 is 11.7. The van der Waals surface area contributed by atoms with E-state index in [9.17, 15) is 9.59 Å². The van der Waals surface area contributed by atoms with Gasteiger partial charge in [-0.3, -0.25) is 9.59 Å². The average molecular weight is 657 g/mol. The first-order valence-electron chi connectivity index (χ1n) is 14.7. The van der Waals surface area contributed by atoms with Gasteiger partial charge in [0.05, 0.1) is 16.1 Å². The Morgan fingerprint density at radius 1 is 0.955 bits per heavy atom. The number of hydrogen-bond acceptors (Lipinski definition) is 5.